The number of nitrogens with zero attached hydrogens (tertiary/aromatic N) is 2. The van der Waals surface area contributed by atoms with Crippen LogP contribution in [0, 0.1) is 0 Å². The Morgan fingerprint density at radius 3 is 1.82 bits per heavy atom. The molecule has 3 heteroatoms. The molecule has 4 aromatic rings. The van der Waals surface area contributed by atoms with Gasteiger partial charge in [0.1, 0.15) is 13.7 Å². The lowest BCUT2D eigenvalue weighted by atomic mass is 9.88. The van der Waals surface area contributed by atoms with Gasteiger partial charge in [0.2, 0.25) is 0 Å². The van der Waals surface area contributed by atoms with Crippen molar-refractivity contribution in [1.82, 2.24) is 9.55 Å². The highest BCUT2D eigenvalue weighted by Crippen LogP contribution is 2.28. The minimum absolute atomic E-state index is 0.468. The van der Waals surface area contributed by atoms with E-state index in [9.17, 15) is 0 Å². The maximum absolute atomic E-state index is 4.50. The number of allylic oxidation sites excluding steroid dienone is 2. The Hall–Kier alpha value is -3.33. The quantitative estimate of drug-likeness (QED) is 0.0798. The normalized spacial score (nSPS) is 11.1. The summed E-state index contributed by atoms with van der Waals surface area (Å²) in [7, 11) is 2.22. The SMILES string of the molecule is BCCC=CCC(c1ccccc1)c1ccccc1.CCCCCCCCCCn1ccnc1-c1ccccc1. The number of aryl methyl sites for hydroxylation is 1. The molecule has 0 bridgehead atoms. The van der Waals surface area contributed by atoms with E-state index in [4.69, 9.17) is 0 Å². The number of aromatic nitrogens is 2. The van der Waals surface area contributed by atoms with Crippen LogP contribution in [-0.2, 0) is 6.54 Å². The van der Waals surface area contributed by atoms with Gasteiger partial charge in [-0.15, -0.1) is 0 Å². The van der Waals surface area contributed by atoms with Crippen LogP contribution in [0.2, 0.25) is 6.32 Å². The summed E-state index contributed by atoms with van der Waals surface area (Å²) in [4.78, 5) is 4.50. The Bertz CT molecular complexity index is 1130. The molecular weight excluding hydrogens is 483 g/mol. The molecule has 0 fully saturated rings. The molecule has 4 rings (SSSR count). The molecule has 0 saturated carbocycles. The lowest BCUT2D eigenvalue weighted by Gasteiger charge is -2.16. The molecule has 0 atom stereocenters. The van der Waals surface area contributed by atoms with Crippen molar-refractivity contribution in [3.63, 3.8) is 0 Å². The van der Waals surface area contributed by atoms with Crippen molar-refractivity contribution in [3.05, 3.63) is 127 Å². The Balaban J connectivity index is 0.000000222. The van der Waals surface area contributed by atoms with Gasteiger partial charge in [0.15, 0.2) is 0 Å². The topological polar surface area (TPSA) is 17.8 Å². The van der Waals surface area contributed by atoms with E-state index in [1.54, 1.807) is 0 Å². The number of rotatable bonds is 16. The zero-order valence-corrected chi connectivity index (χ0v) is 24.9. The maximum Gasteiger partial charge on any atom is 0.139 e. The zero-order valence-electron chi connectivity index (χ0n) is 24.9. The van der Waals surface area contributed by atoms with E-state index in [1.165, 1.54) is 80.8 Å². The second-order valence-electron chi connectivity index (χ2n) is 10.7. The van der Waals surface area contributed by atoms with Crippen molar-refractivity contribution < 1.29 is 0 Å². The number of unbranched alkanes of at least 4 members (excludes halogenated alkanes) is 7. The molecule has 0 unspecified atom stereocenters. The minimum atomic E-state index is 0.468. The fraction of sp³-hybridized carbons (Fsp3) is 0.378. The molecule has 0 amide bonds. The molecule has 1 aromatic heterocycles. The summed E-state index contributed by atoms with van der Waals surface area (Å²) in [5.74, 6) is 1.56. The van der Waals surface area contributed by atoms with Crippen LogP contribution in [0.5, 0.6) is 0 Å². The predicted molar refractivity (Wildman–Crippen MR) is 177 cm³/mol. The van der Waals surface area contributed by atoms with Gasteiger partial charge in [-0.1, -0.05) is 161 Å². The van der Waals surface area contributed by atoms with E-state index in [-0.39, 0.29) is 0 Å². The van der Waals surface area contributed by atoms with E-state index < -0.39 is 0 Å². The van der Waals surface area contributed by atoms with E-state index in [2.05, 4.69) is 134 Å². The molecule has 3 aromatic carbocycles. The monoisotopic (exact) mass is 532 g/mol. The van der Waals surface area contributed by atoms with Crippen LogP contribution in [-0.4, -0.2) is 17.4 Å². The van der Waals surface area contributed by atoms with Crippen LogP contribution in [0.1, 0.15) is 88.2 Å². The summed E-state index contributed by atoms with van der Waals surface area (Å²) in [6, 6.07) is 32.0. The zero-order chi connectivity index (χ0) is 28.1. The standard InChI is InChI=1S/C19H28N2.C18H21B/c1-2-3-4-5-6-7-8-12-16-21-17-15-20-19(21)18-13-10-9-11-14-18;19-15-9-3-8-14-18(16-10-4-1-5-11-16)17-12-6-2-7-13-17/h9-11,13-15,17H,2-8,12,16H2,1H3;1-8,10-13,18H,9,14-15,19H2. The first-order chi connectivity index (χ1) is 19.8. The van der Waals surface area contributed by atoms with Crippen LogP contribution in [0.15, 0.2) is 116 Å². The third-order valence-electron chi connectivity index (χ3n) is 7.40. The first-order valence-corrected chi connectivity index (χ1v) is 15.6. The van der Waals surface area contributed by atoms with E-state index in [0.29, 0.717) is 5.92 Å². The molecule has 40 heavy (non-hydrogen) atoms. The number of benzene rings is 3. The van der Waals surface area contributed by atoms with E-state index in [1.807, 2.05) is 6.20 Å². The van der Waals surface area contributed by atoms with Crippen LogP contribution in [0.4, 0.5) is 0 Å². The molecule has 0 N–H and O–H groups in total. The highest BCUT2D eigenvalue weighted by Gasteiger charge is 2.11. The summed E-state index contributed by atoms with van der Waals surface area (Å²) >= 11 is 0. The third-order valence-corrected chi connectivity index (χ3v) is 7.40. The molecule has 0 aliphatic heterocycles. The molecule has 210 valence electrons. The Morgan fingerprint density at radius 1 is 0.700 bits per heavy atom. The lowest BCUT2D eigenvalue weighted by molar-refractivity contribution is 0.545. The lowest BCUT2D eigenvalue weighted by Crippen LogP contribution is -1.99. The maximum atomic E-state index is 4.50. The van der Waals surface area contributed by atoms with Gasteiger partial charge in [-0.3, -0.25) is 0 Å². The summed E-state index contributed by atoms with van der Waals surface area (Å²) in [6.45, 7) is 3.36. The predicted octanol–water partition coefficient (Wildman–Crippen LogP) is 9.90. The molecule has 0 saturated heterocycles. The molecule has 0 spiro atoms. The Labute approximate surface area is 245 Å². The van der Waals surface area contributed by atoms with Gasteiger partial charge in [-0.05, 0) is 30.4 Å². The summed E-state index contributed by atoms with van der Waals surface area (Å²) < 4.78 is 2.28. The summed E-state index contributed by atoms with van der Waals surface area (Å²) in [6.07, 6.45) is 23.0. The minimum Gasteiger partial charge on any atom is -0.331 e. The Kier molecular flexibility index (Phi) is 15.4. The molecule has 1 heterocycles. The summed E-state index contributed by atoms with van der Waals surface area (Å²) in [5, 5.41) is 0. The van der Waals surface area contributed by atoms with Crippen molar-refractivity contribution in [2.24, 2.45) is 0 Å². The average molecular weight is 533 g/mol. The van der Waals surface area contributed by atoms with Crippen LogP contribution >= 0.6 is 0 Å². The van der Waals surface area contributed by atoms with Crippen molar-refractivity contribution in [2.45, 2.75) is 89.9 Å². The molecule has 0 aliphatic rings. The van der Waals surface area contributed by atoms with Gasteiger partial charge >= 0.3 is 0 Å². The van der Waals surface area contributed by atoms with Crippen LogP contribution in [0.3, 0.4) is 0 Å². The highest BCUT2D eigenvalue weighted by atomic mass is 15.1. The molecule has 2 nitrogen and oxygen atoms in total. The highest BCUT2D eigenvalue weighted by molar-refractivity contribution is 6.08. The van der Waals surface area contributed by atoms with Crippen LogP contribution in [0.25, 0.3) is 11.4 Å². The van der Waals surface area contributed by atoms with E-state index >= 15 is 0 Å². The van der Waals surface area contributed by atoms with Gasteiger partial charge in [-0.25, -0.2) is 4.98 Å². The second-order valence-corrected chi connectivity index (χ2v) is 10.7. The van der Waals surface area contributed by atoms with Crippen molar-refractivity contribution >= 4 is 7.85 Å². The Morgan fingerprint density at radius 2 is 1.25 bits per heavy atom. The first-order valence-electron chi connectivity index (χ1n) is 15.6. The first kappa shape index (κ1) is 31.2. The fourth-order valence-electron chi connectivity index (χ4n) is 5.11. The van der Waals surface area contributed by atoms with Gasteiger partial charge in [0, 0.05) is 30.4 Å². The number of hydrogen-bond acceptors (Lipinski definition) is 1. The second kappa shape index (κ2) is 19.7. The van der Waals surface area contributed by atoms with Gasteiger partial charge < -0.3 is 4.57 Å². The average Bonchev–Trinajstić information content (AvgIpc) is 3.49. The largest absolute Gasteiger partial charge is 0.331 e. The van der Waals surface area contributed by atoms with Crippen LogP contribution < -0.4 is 0 Å². The number of hydrogen-bond donors (Lipinski definition) is 0. The molecule has 0 aliphatic carbocycles. The summed E-state index contributed by atoms with van der Waals surface area (Å²) in [5.41, 5.74) is 4.01. The smallest absolute Gasteiger partial charge is 0.139 e. The van der Waals surface area contributed by atoms with Crippen molar-refractivity contribution in [1.29, 1.82) is 0 Å². The molecule has 0 radical (unpaired) electrons. The van der Waals surface area contributed by atoms with Gasteiger partial charge in [-0.2, -0.15) is 0 Å². The third kappa shape index (κ3) is 11.4. The van der Waals surface area contributed by atoms with Crippen molar-refractivity contribution in [2.75, 3.05) is 0 Å². The number of imidazole rings is 1. The van der Waals surface area contributed by atoms with E-state index in [0.717, 1.165) is 18.8 Å². The molecular formula is C37H49BN2. The van der Waals surface area contributed by atoms with Gasteiger partial charge in [0.25, 0.3) is 0 Å². The van der Waals surface area contributed by atoms with Gasteiger partial charge in [0.05, 0.1) is 0 Å². The fourth-order valence-corrected chi connectivity index (χ4v) is 5.11. The van der Waals surface area contributed by atoms with Crippen molar-refractivity contribution in [3.8, 4) is 11.4 Å².